The highest BCUT2D eigenvalue weighted by molar-refractivity contribution is 7.99. The van der Waals surface area contributed by atoms with Gasteiger partial charge in [-0.2, -0.15) is 5.26 Å². The minimum atomic E-state index is -0.683. The second-order valence-electron chi connectivity index (χ2n) is 20.8. The normalized spacial score (nSPS) is 13.1. The van der Waals surface area contributed by atoms with Crippen molar-refractivity contribution >= 4 is 77.2 Å². The van der Waals surface area contributed by atoms with Gasteiger partial charge in [0.1, 0.15) is 0 Å². The number of aromatic nitrogens is 5. The predicted molar refractivity (Wildman–Crippen MR) is 322 cm³/mol. The number of rotatable bonds is 5. The largest absolute Gasteiger partial charge is 0.309 e. The average Bonchev–Trinajstić information content (AvgIpc) is 4.44. The van der Waals surface area contributed by atoms with Gasteiger partial charge in [-0.1, -0.05) is 127 Å². The zero-order valence-corrected chi connectivity index (χ0v) is 43.2. The molecule has 7 heteroatoms. The molecule has 15 aromatic rings. The summed E-state index contributed by atoms with van der Waals surface area (Å²) in [7, 11) is 0. The van der Waals surface area contributed by atoms with Crippen molar-refractivity contribution in [3.8, 4) is 56.8 Å². The molecule has 0 saturated heterocycles. The van der Waals surface area contributed by atoms with Gasteiger partial charge in [0, 0.05) is 71.6 Å². The Balaban J connectivity index is 0.810. The summed E-state index contributed by atoms with van der Waals surface area (Å²) in [5.74, 6) is 0. The van der Waals surface area contributed by atoms with Crippen molar-refractivity contribution in [1.29, 1.82) is 5.26 Å². The Bertz CT molecular complexity index is 5030. The van der Waals surface area contributed by atoms with Crippen LogP contribution in [0.5, 0.6) is 0 Å². The molecular formula is C72H42N6S. The quantitative estimate of drug-likeness (QED) is 0.172. The van der Waals surface area contributed by atoms with E-state index in [1.54, 1.807) is 0 Å². The topological polar surface area (TPSA) is 64.4 Å². The summed E-state index contributed by atoms with van der Waals surface area (Å²) in [6, 6.07) is 90.5. The average molecular weight is 1020 g/mol. The molecule has 0 saturated carbocycles. The maximum absolute atomic E-state index is 10.2. The number of benzene rings is 10. The molecule has 0 atom stereocenters. The van der Waals surface area contributed by atoms with Crippen molar-refractivity contribution in [2.24, 2.45) is 0 Å². The third-order valence-corrected chi connectivity index (χ3v) is 18.0. The van der Waals surface area contributed by atoms with E-state index in [9.17, 15) is 5.26 Å². The van der Waals surface area contributed by atoms with Crippen molar-refractivity contribution in [3.05, 3.63) is 283 Å². The molecule has 0 amide bonds. The van der Waals surface area contributed by atoms with Crippen LogP contribution in [-0.4, -0.2) is 23.7 Å². The van der Waals surface area contributed by atoms with Gasteiger partial charge in [0.15, 0.2) is 0 Å². The summed E-state index contributed by atoms with van der Waals surface area (Å²) < 4.78 is 7.06. The Hall–Kier alpha value is -10.3. The minimum absolute atomic E-state index is 0.630. The number of fused-ring (bicyclic) bond motifs is 18. The fourth-order valence-electron chi connectivity index (χ4n) is 13.5. The van der Waals surface area contributed by atoms with Crippen LogP contribution in [0.4, 0.5) is 0 Å². The molecule has 366 valence electrons. The van der Waals surface area contributed by atoms with Gasteiger partial charge in [-0.25, -0.2) is 0 Å². The minimum Gasteiger partial charge on any atom is -0.309 e. The lowest BCUT2D eigenvalue weighted by Crippen LogP contribution is -2.32. The number of hydrogen-bond acceptors (Lipinski definition) is 4. The van der Waals surface area contributed by atoms with E-state index >= 15 is 0 Å². The first-order valence-corrected chi connectivity index (χ1v) is 27.5. The van der Waals surface area contributed by atoms with Gasteiger partial charge in [-0.05, 0) is 172 Å². The molecule has 1 spiro atoms. The van der Waals surface area contributed by atoms with E-state index in [1.165, 1.54) is 75.7 Å². The Morgan fingerprint density at radius 3 is 1.35 bits per heavy atom. The monoisotopic (exact) mass is 1020 g/mol. The first kappa shape index (κ1) is 43.9. The number of nitrogens with zero attached hydrogens (tertiary/aromatic N) is 6. The van der Waals surface area contributed by atoms with E-state index in [2.05, 4.69) is 250 Å². The van der Waals surface area contributed by atoms with Crippen molar-refractivity contribution in [2.75, 3.05) is 0 Å². The smallest absolute Gasteiger partial charge is 0.0991 e. The first-order chi connectivity index (χ1) is 39.1. The fourth-order valence-corrected chi connectivity index (χ4v) is 14.7. The molecule has 0 radical (unpaired) electrons. The lowest BCUT2D eigenvalue weighted by Gasteiger charge is -2.39. The van der Waals surface area contributed by atoms with Gasteiger partial charge >= 0.3 is 0 Å². The van der Waals surface area contributed by atoms with Gasteiger partial charge in [0.05, 0.1) is 61.5 Å². The third kappa shape index (κ3) is 6.17. The molecule has 0 fully saturated rings. The standard InChI is InChI=1S/C72H42N6S/c73-43-44-22-32-65-55(38-44)57-40-45(24-34-67(57)78(65)51-29-27-50(28-30-51)77-62-19-7-4-14-52(62)53-15-5-8-20-63(53)77)47-26-35-68-61(41-47)72(59-17-10-36-74-70(59)71-60(72)18-11-37-75-71)58-31-23-48(42-69(58)79-68)46-25-33-66-56(39-46)54-16-6-9-21-64(54)76(66)49-12-2-1-3-13-49/h1-42H. The number of nitriles is 1. The second-order valence-corrected chi connectivity index (χ2v) is 21.9. The summed E-state index contributed by atoms with van der Waals surface area (Å²) in [4.78, 5) is 12.5. The molecule has 1 aliphatic carbocycles. The van der Waals surface area contributed by atoms with E-state index < -0.39 is 5.41 Å². The van der Waals surface area contributed by atoms with E-state index in [1.807, 2.05) is 36.3 Å². The Morgan fingerprint density at radius 2 is 0.772 bits per heavy atom. The van der Waals surface area contributed by atoms with Crippen LogP contribution in [0.3, 0.4) is 0 Å². The van der Waals surface area contributed by atoms with Gasteiger partial charge in [-0.3, -0.25) is 9.97 Å². The fraction of sp³-hybridized carbons (Fsp3) is 0.0139. The number of para-hydroxylation sites is 4. The van der Waals surface area contributed by atoms with Gasteiger partial charge in [0.25, 0.3) is 0 Å². The Morgan fingerprint density at radius 1 is 0.329 bits per heavy atom. The summed E-state index contributed by atoms with van der Waals surface area (Å²) in [6.07, 6.45) is 3.79. The van der Waals surface area contributed by atoms with Gasteiger partial charge in [-0.15, -0.1) is 0 Å². The predicted octanol–water partition coefficient (Wildman–Crippen LogP) is 17.8. The summed E-state index contributed by atoms with van der Waals surface area (Å²) in [5.41, 5.74) is 21.2. The van der Waals surface area contributed by atoms with Crippen molar-refractivity contribution in [2.45, 2.75) is 15.2 Å². The van der Waals surface area contributed by atoms with Crippen LogP contribution < -0.4 is 0 Å². The van der Waals surface area contributed by atoms with Crippen LogP contribution in [0, 0.1) is 11.3 Å². The molecule has 0 bridgehead atoms. The molecule has 0 N–H and O–H groups in total. The first-order valence-electron chi connectivity index (χ1n) is 26.7. The lowest BCUT2D eigenvalue weighted by atomic mass is 9.67. The second kappa shape index (κ2) is 16.6. The molecule has 17 rings (SSSR count). The lowest BCUT2D eigenvalue weighted by molar-refractivity contribution is 0.720. The van der Waals surface area contributed by atoms with E-state index in [-0.39, 0.29) is 0 Å². The van der Waals surface area contributed by atoms with Crippen LogP contribution in [0.25, 0.3) is 116 Å². The van der Waals surface area contributed by atoms with Crippen molar-refractivity contribution in [3.63, 3.8) is 0 Å². The highest BCUT2D eigenvalue weighted by Gasteiger charge is 2.51. The molecule has 6 heterocycles. The molecule has 0 unspecified atom stereocenters. The van der Waals surface area contributed by atoms with Crippen LogP contribution >= 0.6 is 11.8 Å². The molecule has 6 nitrogen and oxygen atoms in total. The molecule has 2 aliphatic rings. The van der Waals surface area contributed by atoms with E-state index in [0.29, 0.717) is 5.56 Å². The molecule has 10 aromatic carbocycles. The number of hydrogen-bond donors (Lipinski definition) is 0. The summed E-state index contributed by atoms with van der Waals surface area (Å²) >= 11 is 1.84. The molecule has 79 heavy (non-hydrogen) atoms. The van der Waals surface area contributed by atoms with Gasteiger partial charge < -0.3 is 13.7 Å². The van der Waals surface area contributed by atoms with E-state index in [0.717, 1.165) is 72.5 Å². The van der Waals surface area contributed by atoms with Crippen LogP contribution in [0.1, 0.15) is 27.8 Å². The zero-order chi connectivity index (χ0) is 51.9. The van der Waals surface area contributed by atoms with E-state index in [4.69, 9.17) is 9.97 Å². The van der Waals surface area contributed by atoms with Gasteiger partial charge in [0.2, 0.25) is 0 Å². The highest BCUT2D eigenvalue weighted by Crippen LogP contribution is 2.62. The van der Waals surface area contributed by atoms with Crippen molar-refractivity contribution in [1.82, 2.24) is 23.7 Å². The van der Waals surface area contributed by atoms with Crippen LogP contribution in [0.2, 0.25) is 0 Å². The summed E-state index contributed by atoms with van der Waals surface area (Å²) in [5, 5.41) is 17.3. The Labute approximate surface area is 458 Å². The number of pyridine rings is 2. The van der Waals surface area contributed by atoms with Crippen LogP contribution in [-0.2, 0) is 5.41 Å². The van der Waals surface area contributed by atoms with Crippen molar-refractivity contribution < 1.29 is 0 Å². The Kier molecular flexibility index (Phi) is 9.24. The maximum atomic E-state index is 10.2. The molecular weight excluding hydrogens is 981 g/mol. The summed E-state index contributed by atoms with van der Waals surface area (Å²) in [6.45, 7) is 0. The maximum Gasteiger partial charge on any atom is 0.0991 e. The third-order valence-electron chi connectivity index (χ3n) is 16.8. The highest BCUT2D eigenvalue weighted by atomic mass is 32.2. The molecule has 1 aliphatic heterocycles. The SMILES string of the molecule is N#Cc1ccc2c(c1)c1cc(-c3ccc4c(c3)C3(c5ccc(-c6ccc7c(c6)c6ccccc6n7-c6ccccc6)cc5S4)c4cccnc4-c4ncccc43)ccc1n2-c1ccc(-n2c3ccccc3c3ccccc32)cc1. The molecule has 5 aromatic heterocycles. The zero-order valence-electron chi connectivity index (χ0n) is 42.3. The van der Waals surface area contributed by atoms with Crippen LogP contribution in [0.15, 0.2) is 265 Å².